The molecule has 0 atom stereocenters. The number of benzene rings is 2. The number of amides is 1. The highest BCUT2D eigenvalue weighted by Gasteiger charge is 2.27. The van der Waals surface area contributed by atoms with Gasteiger partial charge in [0, 0.05) is 48.1 Å². The molecule has 0 saturated carbocycles. The largest absolute Gasteiger partial charge is 0.494 e. The second-order valence-corrected chi connectivity index (χ2v) is 8.66. The fourth-order valence-electron chi connectivity index (χ4n) is 4.13. The first-order valence-electron chi connectivity index (χ1n) is 11.6. The van der Waals surface area contributed by atoms with Crippen LogP contribution in [0, 0.1) is 5.82 Å². The van der Waals surface area contributed by atoms with Crippen molar-refractivity contribution in [2.45, 2.75) is 6.10 Å². The van der Waals surface area contributed by atoms with E-state index in [1.165, 1.54) is 12.1 Å². The SMILES string of the molecule is C=CC(=O)Nc1cc(Nc2ncc3cccc(-c4cncc(F)c4)c3n2)c(OC)cc1OC1CN(C)C1. The minimum atomic E-state index is -0.434. The summed E-state index contributed by atoms with van der Waals surface area (Å²) in [7, 11) is 3.55. The Labute approximate surface area is 213 Å². The zero-order chi connectivity index (χ0) is 25.9. The minimum absolute atomic E-state index is 0.00690. The average molecular weight is 501 g/mol. The van der Waals surface area contributed by atoms with Crippen LogP contribution in [0.2, 0.25) is 0 Å². The van der Waals surface area contributed by atoms with Crippen molar-refractivity contribution >= 4 is 34.1 Å². The zero-order valence-electron chi connectivity index (χ0n) is 20.4. The highest BCUT2D eigenvalue weighted by atomic mass is 19.1. The number of para-hydroxylation sites is 1. The summed E-state index contributed by atoms with van der Waals surface area (Å²) in [6.45, 7) is 5.09. The second kappa shape index (κ2) is 10.2. The number of pyridine rings is 1. The van der Waals surface area contributed by atoms with Gasteiger partial charge in [-0.3, -0.25) is 14.7 Å². The second-order valence-electron chi connectivity index (χ2n) is 8.66. The fourth-order valence-corrected chi connectivity index (χ4v) is 4.13. The number of hydrogen-bond acceptors (Lipinski definition) is 8. The summed E-state index contributed by atoms with van der Waals surface area (Å²) >= 11 is 0. The normalized spacial score (nSPS) is 13.6. The Hall–Kier alpha value is -4.57. The molecule has 1 saturated heterocycles. The van der Waals surface area contributed by atoms with Crippen LogP contribution in [0.3, 0.4) is 0 Å². The third-order valence-corrected chi connectivity index (χ3v) is 5.94. The van der Waals surface area contributed by atoms with Gasteiger partial charge in [-0.15, -0.1) is 0 Å². The summed E-state index contributed by atoms with van der Waals surface area (Å²) in [5, 5.41) is 6.75. The van der Waals surface area contributed by atoms with E-state index in [4.69, 9.17) is 14.5 Å². The number of hydrogen-bond donors (Lipinski definition) is 2. The number of aromatic nitrogens is 3. The molecule has 3 heterocycles. The smallest absolute Gasteiger partial charge is 0.247 e. The van der Waals surface area contributed by atoms with Gasteiger partial charge in [-0.1, -0.05) is 24.8 Å². The van der Waals surface area contributed by atoms with E-state index in [2.05, 4.69) is 32.1 Å². The molecular weight excluding hydrogens is 475 g/mol. The van der Waals surface area contributed by atoms with Gasteiger partial charge in [0.25, 0.3) is 0 Å². The molecule has 2 aromatic carbocycles. The van der Waals surface area contributed by atoms with Crippen molar-refractivity contribution in [2.75, 3.05) is 37.9 Å². The molecule has 188 valence electrons. The third-order valence-electron chi connectivity index (χ3n) is 5.94. The maximum Gasteiger partial charge on any atom is 0.247 e. The van der Waals surface area contributed by atoms with Gasteiger partial charge in [-0.25, -0.2) is 14.4 Å². The van der Waals surface area contributed by atoms with Crippen LogP contribution in [-0.4, -0.2) is 59.1 Å². The first kappa shape index (κ1) is 24.1. The van der Waals surface area contributed by atoms with E-state index in [1.54, 1.807) is 31.6 Å². The number of halogens is 1. The summed E-state index contributed by atoms with van der Waals surface area (Å²) in [6, 6.07) is 10.4. The molecule has 0 bridgehead atoms. The summed E-state index contributed by atoms with van der Waals surface area (Å²) < 4.78 is 25.6. The molecule has 0 radical (unpaired) electrons. The number of likely N-dealkylation sites (tertiary alicyclic amines) is 1. The molecule has 0 spiro atoms. The van der Waals surface area contributed by atoms with Crippen molar-refractivity contribution in [3.8, 4) is 22.6 Å². The Morgan fingerprint density at radius 1 is 1.16 bits per heavy atom. The molecule has 10 heteroatoms. The Bertz CT molecular complexity index is 1490. The van der Waals surface area contributed by atoms with Crippen molar-refractivity contribution < 1.29 is 18.7 Å². The fraction of sp³-hybridized carbons (Fsp3) is 0.185. The van der Waals surface area contributed by atoms with Gasteiger partial charge in [0.1, 0.15) is 23.4 Å². The monoisotopic (exact) mass is 500 g/mol. The number of carbonyl (C=O) groups is 1. The van der Waals surface area contributed by atoms with Crippen LogP contribution < -0.4 is 20.1 Å². The number of ether oxygens (including phenoxy) is 2. The first-order valence-corrected chi connectivity index (χ1v) is 11.6. The van der Waals surface area contributed by atoms with Gasteiger partial charge < -0.3 is 20.1 Å². The van der Waals surface area contributed by atoms with Crippen LogP contribution in [0.15, 0.2) is 67.6 Å². The van der Waals surface area contributed by atoms with E-state index in [-0.39, 0.29) is 18.0 Å². The molecule has 9 nitrogen and oxygen atoms in total. The molecule has 37 heavy (non-hydrogen) atoms. The third kappa shape index (κ3) is 5.19. The molecule has 1 amide bonds. The van der Waals surface area contributed by atoms with Crippen molar-refractivity contribution in [3.05, 3.63) is 73.5 Å². The van der Waals surface area contributed by atoms with E-state index < -0.39 is 5.82 Å². The lowest BCUT2D eigenvalue weighted by atomic mass is 10.0. The lowest BCUT2D eigenvalue weighted by Crippen LogP contribution is -2.51. The average Bonchev–Trinajstić information content (AvgIpc) is 2.88. The van der Waals surface area contributed by atoms with E-state index in [0.717, 1.165) is 30.2 Å². The topological polar surface area (TPSA) is 102 Å². The molecule has 5 rings (SSSR count). The number of likely N-dealkylation sites (N-methyl/N-ethyl adjacent to an activating group) is 1. The number of methoxy groups -OCH3 is 1. The first-order chi connectivity index (χ1) is 17.9. The number of fused-ring (bicyclic) bond motifs is 1. The van der Waals surface area contributed by atoms with Crippen LogP contribution in [0.5, 0.6) is 11.5 Å². The summed E-state index contributed by atoms with van der Waals surface area (Å²) in [6.07, 6.45) is 5.62. The standard InChI is InChI=1S/C27H25FN6O3/c1-4-25(35)31-22-9-21(23(36-3)10-24(22)37-19-14-34(2)15-19)32-27-30-12-16-6-5-7-20(26(16)33-27)17-8-18(28)13-29-11-17/h4-13,19H,1,14-15H2,2-3H3,(H,31,35)(H,30,32,33). The molecule has 0 unspecified atom stereocenters. The van der Waals surface area contributed by atoms with Crippen LogP contribution in [0.1, 0.15) is 0 Å². The van der Waals surface area contributed by atoms with E-state index in [1.807, 2.05) is 25.2 Å². The molecule has 1 aliphatic rings. The maximum atomic E-state index is 13.8. The summed E-state index contributed by atoms with van der Waals surface area (Å²) in [4.78, 5) is 27.3. The lowest BCUT2D eigenvalue weighted by molar-refractivity contribution is -0.111. The van der Waals surface area contributed by atoms with Crippen LogP contribution in [-0.2, 0) is 4.79 Å². The Morgan fingerprint density at radius 3 is 2.73 bits per heavy atom. The highest BCUT2D eigenvalue weighted by molar-refractivity contribution is 6.00. The van der Waals surface area contributed by atoms with Crippen molar-refractivity contribution in [1.29, 1.82) is 0 Å². The lowest BCUT2D eigenvalue weighted by Gasteiger charge is -2.36. The van der Waals surface area contributed by atoms with E-state index in [9.17, 15) is 9.18 Å². The summed E-state index contributed by atoms with van der Waals surface area (Å²) in [5.74, 6) is 0.443. The van der Waals surface area contributed by atoms with E-state index >= 15 is 0 Å². The van der Waals surface area contributed by atoms with Crippen LogP contribution >= 0.6 is 0 Å². The summed E-state index contributed by atoms with van der Waals surface area (Å²) in [5.41, 5.74) is 2.92. The van der Waals surface area contributed by atoms with Gasteiger partial charge >= 0.3 is 0 Å². The molecular formula is C27H25FN6O3. The number of carbonyl (C=O) groups excluding carboxylic acids is 1. The number of anilines is 3. The van der Waals surface area contributed by atoms with Crippen molar-refractivity contribution in [3.63, 3.8) is 0 Å². The maximum absolute atomic E-state index is 13.8. The minimum Gasteiger partial charge on any atom is -0.494 e. The van der Waals surface area contributed by atoms with Gasteiger partial charge in [0.15, 0.2) is 0 Å². The number of rotatable bonds is 8. The molecule has 4 aromatic rings. The molecule has 0 aliphatic carbocycles. The van der Waals surface area contributed by atoms with Crippen LogP contribution in [0.4, 0.5) is 21.7 Å². The molecule has 2 aromatic heterocycles. The Morgan fingerprint density at radius 2 is 2.00 bits per heavy atom. The quantitative estimate of drug-likeness (QED) is 0.343. The Kier molecular flexibility index (Phi) is 6.65. The van der Waals surface area contributed by atoms with Gasteiger partial charge in [-0.2, -0.15) is 0 Å². The molecule has 2 N–H and O–H groups in total. The van der Waals surface area contributed by atoms with Gasteiger partial charge in [0.05, 0.1) is 30.2 Å². The molecule has 1 fully saturated rings. The predicted molar refractivity (Wildman–Crippen MR) is 140 cm³/mol. The number of nitrogens with one attached hydrogen (secondary N) is 2. The van der Waals surface area contributed by atoms with Gasteiger partial charge in [0.2, 0.25) is 11.9 Å². The van der Waals surface area contributed by atoms with E-state index in [0.29, 0.717) is 34.0 Å². The van der Waals surface area contributed by atoms with Gasteiger partial charge in [-0.05, 0) is 25.3 Å². The van der Waals surface area contributed by atoms with Crippen LogP contribution in [0.25, 0.3) is 22.0 Å². The number of nitrogens with zero attached hydrogens (tertiary/aromatic N) is 4. The highest BCUT2D eigenvalue weighted by Crippen LogP contribution is 2.39. The zero-order valence-corrected chi connectivity index (χ0v) is 20.4. The van der Waals surface area contributed by atoms with Crippen molar-refractivity contribution in [2.24, 2.45) is 0 Å². The molecule has 1 aliphatic heterocycles. The predicted octanol–water partition coefficient (Wildman–Crippen LogP) is 4.40. The van der Waals surface area contributed by atoms with Crippen molar-refractivity contribution in [1.82, 2.24) is 19.9 Å². The Balaban J connectivity index is 1.52.